The van der Waals surface area contributed by atoms with Crippen molar-refractivity contribution in [3.05, 3.63) is 34.9 Å². The molecule has 1 aromatic carbocycles. The topological polar surface area (TPSA) is 20.2 Å². The van der Waals surface area contributed by atoms with Gasteiger partial charge < -0.3 is 5.11 Å². The van der Waals surface area contributed by atoms with Crippen molar-refractivity contribution in [3.63, 3.8) is 0 Å². The molecule has 0 aliphatic carbocycles. The van der Waals surface area contributed by atoms with Crippen LogP contribution in [-0.4, -0.2) is 11.3 Å². The van der Waals surface area contributed by atoms with Crippen LogP contribution < -0.4 is 0 Å². The van der Waals surface area contributed by atoms with Crippen molar-refractivity contribution in [2.24, 2.45) is 0 Å². The lowest BCUT2D eigenvalue weighted by atomic mass is 9.80. The third-order valence-electron chi connectivity index (χ3n) is 3.53. The van der Waals surface area contributed by atoms with E-state index in [9.17, 15) is 18.3 Å². The van der Waals surface area contributed by atoms with Gasteiger partial charge in [0.2, 0.25) is 0 Å². The molecule has 0 heterocycles. The lowest BCUT2D eigenvalue weighted by molar-refractivity contribution is -0.268. The van der Waals surface area contributed by atoms with E-state index < -0.39 is 18.2 Å². The molecule has 19 heavy (non-hydrogen) atoms. The van der Waals surface area contributed by atoms with Crippen molar-refractivity contribution in [1.82, 2.24) is 0 Å². The van der Waals surface area contributed by atoms with E-state index in [0.29, 0.717) is 5.56 Å². The monoisotopic (exact) mass is 274 g/mol. The summed E-state index contributed by atoms with van der Waals surface area (Å²) in [6.45, 7) is 8.73. The van der Waals surface area contributed by atoms with Crippen molar-refractivity contribution in [1.29, 1.82) is 0 Å². The molecule has 0 spiro atoms. The Morgan fingerprint density at radius 1 is 1.11 bits per heavy atom. The number of aliphatic hydroxyl groups is 1. The van der Waals surface area contributed by atoms with Gasteiger partial charge in [-0.25, -0.2) is 0 Å². The number of aryl methyl sites for hydroxylation is 1. The van der Waals surface area contributed by atoms with Gasteiger partial charge in [0.1, 0.15) is 0 Å². The Balaban J connectivity index is 3.49. The summed E-state index contributed by atoms with van der Waals surface area (Å²) in [5.41, 5.74) is -1.85. The van der Waals surface area contributed by atoms with Crippen molar-refractivity contribution in [2.75, 3.05) is 0 Å². The number of halogens is 3. The van der Waals surface area contributed by atoms with Crippen LogP contribution in [0.5, 0.6) is 0 Å². The van der Waals surface area contributed by atoms with Gasteiger partial charge in [0.15, 0.2) is 5.60 Å². The molecule has 1 N–H and O–H groups in total. The van der Waals surface area contributed by atoms with E-state index in [1.165, 1.54) is 13.0 Å². The first-order chi connectivity index (χ1) is 8.43. The Hall–Kier alpha value is -1.03. The first kappa shape index (κ1) is 16.0. The highest BCUT2D eigenvalue weighted by Crippen LogP contribution is 2.43. The molecule has 0 saturated carbocycles. The molecule has 108 valence electrons. The van der Waals surface area contributed by atoms with Crippen molar-refractivity contribution >= 4 is 0 Å². The van der Waals surface area contributed by atoms with E-state index in [1.807, 2.05) is 26.8 Å². The average molecular weight is 274 g/mol. The molecule has 1 nitrogen and oxygen atoms in total. The molecule has 0 aromatic heterocycles. The van der Waals surface area contributed by atoms with E-state index in [1.54, 1.807) is 13.0 Å². The molecule has 0 saturated heterocycles. The molecule has 0 fully saturated rings. The maximum absolute atomic E-state index is 13.1. The predicted octanol–water partition coefficient (Wildman–Crippen LogP) is 4.45. The molecule has 1 unspecified atom stereocenters. The summed E-state index contributed by atoms with van der Waals surface area (Å²) in [6, 6.07) is 4.93. The van der Waals surface area contributed by atoms with Gasteiger partial charge in [-0.15, -0.1) is 0 Å². The van der Waals surface area contributed by atoms with E-state index in [-0.39, 0.29) is 11.0 Å². The zero-order valence-electron chi connectivity index (χ0n) is 12.0. The third kappa shape index (κ3) is 2.94. The maximum atomic E-state index is 13.1. The molecule has 0 bridgehead atoms. The first-order valence-electron chi connectivity index (χ1n) is 6.34. The van der Waals surface area contributed by atoms with Crippen LogP contribution >= 0.6 is 0 Å². The fourth-order valence-electron chi connectivity index (χ4n) is 2.08. The van der Waals surface area contributed by atoms with E-state index in [4.69, 9.17) is 0 Å². The molecule has 0 amide bonds. The summed E-state index contributed by atoms with van der Waals surface area (Å²) in [5.74, 6) is 0. The Kier molecular flexibility index (Phi) is 4.06. The second kappa shape index (κ2) is 4.82. The van der Waals surface area contributed by atoms with Gasteiger partial charge in [0, 0.05) is 0 Å². The zero-order valence-corrected chi connectivity index (χ0v) is 12.0. The van der Waals surface area contributed by atoms with Crippen molar-refractivity contribution in [3.8, 4) is 0 Å². The number of hydrogen-bond donors (Lipinski definition) is 1. The van der Waals surface area contributed by atoms with Crippen LogP contribution in [0.1, 0.15) is 50.8 Å². The van der Waals surface area contributed by atoms with Crippen LogP contribution in [0.2, 0.25) is 0 Å². The number of hydrogen-bond acceptors (Lipinski definition) is 1. The lowest BCUT2D eigenvalue weighted by Crippen LogP contribution is -2.42. The van der Waals surface area contributed by atoms with Gasteiger partial charge in [-0.3, -0.25) is 0 Å². The number of alkyl halides is 3. The Morgan fingerprint density at radius 2 is 1.63 bits per heavy atom. The first-order valence-corrected chi connectivity index (χ1v) is 6.34. The van der Waals surface area contributed by atoms with Crippen LogP contribution in [0.15, 0.2) is 18.2 Å². The van der Waals surface area contributed by atoms with Crippen LogP contribution in [-0.2, 0) is 11.0 Å². The minimum absolute atomic E-state index is 0.0464. The second-order valence-corrected chi connectivity index (χ2v) is 5.99. The Morgan fingerprint density at radius 3 is 2.00 bits per heavy atom. The summed E-state index contributed by atoms with van der Waals surface area (Å²) in [4.78, 5) is 0. The van der Waals surface area contributed by atoms with Crippen LogP contribution in [0, 0.1) is 6.92 Å². The minimum Gasteiger partial charge on any atom is -0.376 e. The summed E-state index contributed by atoms with van der Waals surface area (Å²) in [6.07, 6.45) is -5.08. The molecular formula is C15H21F3O. The molecule has 0 aliphatic heterocycles. The average Bonchev–Trinajstić information content (AvgIpc) is 2.25. The molecule has 1 atom stereocenters. The largest absolute Gasteiger partial charge is 0.421 e. The molecular weight excluding hydrogens is 253 g/mol. The van der Waals surface area contributed by atoms with Gasteiger partial charge >= 0.3 is 6.18 Å². The predicted molar refractivity (Wildman–Crippen MR) is 70.1 cm³/mol. The van der Waals surface area contributed by atoms with Gasteiger partial charge in [-0.2, -0.15) is 13.2 Å². The quantitative estimate of drug-likeness (QED) is 0.844. The van der Waals surface area contributed by atoms with Crippen LogP contribution in [0.4, 0.5) is 13.2 Å². The Bertz CT molecular complexity index is 457. The van der Waals surface area contributed by atoms with Crippen LogP contribution in [0.3, 0.4) is 0 Å². The normalized spacial score (nSPS) is 16.3. The number of benzene rings is 1. The standard InChI is InChI=1S/C15H21F3O/c1-6-14(19,15(16,17)18)12-9-11(13(3,4)5)8-7-10(12)2/h7-9,19H,6H2,1-5H3. The highest BCUT2D eigenvalue weighted by Gasteiger charge is 2.54. The highest BCUT2D eigenvalue weighted by molar-refractivity contribution is 5.39. The van der Waals surface area contributed by atoms with Crippen LogP contribution in [0.25, 0.3) is 0 Å². The molecule has 0 aliphatic rings. The van der Waals surface area contributed by atoms with E-state index >= 15 is 0 Å². The Labute approximate surface area is 112 Å². The van der Waals surface area contributed by atoms with Gasteiger partial charge in [-0.05, 0) is 35.4 Å². The molecule has 4 heteroatoms. The fraction of sp³-hybridized carbons (Fsp3) is 0.600. The molecule has 1 aromatic rings. The van der Waals surface area contributed by atoms with E-state index in [2.05, 4.69) is 0 Å². The second-order valence-electron chi connectivity index (χ2n) is 5.99. The lowest BCUT2D eigenvalue weighted by Gasteiger charge is -2.32. The summed E-state index contributed by atoms with van der Waals surface area (Å²) >= 11 is 0. The molecule has 1 rings (SSSR count). The van der Waals surface area contributed by atoms with Gasteiger partial charge in [0.25, 0.3) is 0 Å². The minimum atomic E-state index is -4.68. The summed E-state index contributed by atoms with van der Waals surface area (Å²) in [7, 11) is 0. The van der Waals surface area contributed by atoms with E-state index in [0.717, 1.165) is 5.56 Å². The van der Waals surface area contributed by atoms with Crippen molar-refractivity contribution < 1.29 is 18.3 Å². The van der Waals surface area contributed by atoms with Gasteiger partial charge in [-0.1, -0.05) is 45.9 Å². The number of rotatable bonds is 2. The SMILES string of the molecule is CCC(O)(c1cc(C(C)(C)C)ccc1C)C(F)(F)F. The summed E-state index contributed by atoms with van der Waals surface area (Å²) < 4.78 is 39.4. The zero-order chi connectivity index (χ0) is 15.1. The van der Waals surface area contributed by atoms with Gasteiger partial charge in [0.05, 0.1) is 0 Å². The third-order valence-corrected chi connectivity index (χ3v) is 3.53. The molecule has 0 radical (unpaired) electrons. The van der Waals surface area contributed by atoms with Crippen molar-refractivity contribution in [2.45, 2.75) is 58.2 Å². The summed E-state index contributed by atoms with van der Waals surface area (Å²) in [5, 5.41) is 10.1. The smallest absolute Gasteiger partial charge is 0.376 e. The highest BCUT2D eigenvalue weighted by atomic mass is 19.4. The fourth-order valence-corrected chi connectivity index (χ4v) is 2.08. The maximum Gasteiger partial charge on any atom is 0.421 e.